The number of nitrogens with two attached hydrogens (primary N) is 1. The smallest absolute Gasteiger partial charge is 0.0107 e. The van der Waals surface area contributed by atoms with Crippen LogP contribution in [0, 0.1) is 5.92 Å². The van der Waals surface area contributed by atoms with Gasteiger partial charge in [0.2, 0.25) is 0 Å². The fourth-order valence-corrected chi connectivity index (χ4v) is 2.94. The number of hydrogen-bond acceptors (Lipinski definition) is 1. The van der Waals surface area contributed by atoms with Crippen molar-refractivity contribution in [1.29, 1.82) is 0 Å². The highest BCUT2D eigenvalue weighted by Crippen LogP contribution is 2.55. The maximum Gasteiger partial charge on any atom is 0.0107 e. The van der Waals surface area contributed by atoms with Crippen LogP contribution >= 0.6 is 0 Å². The molecule has 0 saturated heterocycles. The highest BCUT2D eigenvalue weighted by molar-refractivity contribution is 5.37. The summed E-state index contributed by atoms with van der Waals surface area (Å²) < 4.78 is 0. The summed E-state index contributed by atoms with van der Waals surface area (Å²) in [5.74, 6) is 0.799. The van der Waals surface area contributed by atoms with Crippen molar-refractivity contribution < 1.29 is 0 Å². The van der Waals surface area contributed by atoms with Gasteiger partial charge >= 0.3 is 0 Å². The van der Waals surface area contributed by atoms with Crippen LogP contribution in [0.15, 0.2) is 24.3 Å². The van der Waals surface area contributed by atoms with Crippen molar-refractivity contribution in [2.45, 2.75) is 51.4 Å². The summed E-state index contributed by atoms with van der Waals surface area (Å²) >= 11 is 0. The standard InChI is InChI=1S/C16H25N/c1-5-12-10-16(12,11-17)14-8-6-13(7-9-14)15(2,3)4/h6-9,12H,5,10-11,17H2,1-4H3. The van der Waals surface area contributed by atoms with Gasteiger partial charge < -0.3 is 5.73 Å². The fourth-order valence-electron chi connectivity index (χ4n) is 2.94. The van der Waals surface area contributed by atoms with E-state index in [0.29, 0.717) is 5.41 Å². The topological polar surface area (TPSA) is 26.0 Å². The molecule has 1 fully saturated rings. The Balaban J connectivity index is 2.25. The first kappa shape index (κ1) is 12.6. The second kappa shape index (κ2) is 4.13. The van der Waals surface area contributed by atoms with E-state index in [9.17, 15) is 0 Å². The molecule has 1 aliphatic rings. The van der Waals surface area contributed by atoms with Crippen LogP contribution in [0.5, 0.6) is 0 Å². The molecule has 0 aliphatic heterocycles. The van der Waals surface area contributed by atoms with Gasteiger partial charge in [-0.1, -0.05) is 58.4 Å². The molecule has 1 nitrogen and oxygen atoms in total. The highest BCUT2D eigenvalue weighted by atomic mass is 14.7. The van der Waals surface area contributed by atoms with E-state index in [4.69, 9.17) is 5.73 Å². The quantitative estimate of drug-likeness (QED) is 0.845. The number of hydrogen-bond donors (Lipinski definition) is 1. The van der Waals surface area contributed by atoms with Crippen LogP contribution in [-0.4, -0.2) is 6.54 Å². The van der Waals surface area contributed by atoms with Gasteiger partial charge in [0.05, 0.1) is 0 Å². The number of benzene rings is 1. The van der Waals surface area contributed by atoms with Crippen molar-refractivity contribution in [2.75, 3.05) is 6.54 Å². The second-order valence-electron chi connectivity index (χ2n) is 6.50. The molecule has 1 saturated carbocycles. The Morgan fingerprint density at radius 3 is 2.18 bits per heavy atom. The molecule has 2 unspecified atom stereocenters. The minimum Gasteiger partial charge on any atom is -0.330 e. The highest BCUT2D eigenvalue weighted by Gasteiger charge is 2.52. The fraction of sp³-hybridized carbons (Fsp3) is 0.625. The van der Waals surface area contributed by atoms with Gasteiger partial charge in [0.15, 0.2) is 0 Å². The SMILES string of the molecule is CCC1CC1(CN)c1ccc(C(C)(C)C)cc1. The molecule has 2 rings (SSSR count). The molecule has 1 heteroatoms. The predicted molar refractivity (Wildman–Crippen MR) is 74.3 cm³/mol. The molecule has 2 N–H and O–H groups in total. The molecule has 17 heavy (non-hydrogen) atoms. The lowest BCUT2D eigenvalue weighted by Gasteiger charge is -2.21. The summed E-state index contributed by atoms with van der Waals surface area (Å²) in [7, 11) is 0. The first-order chi connectivity index (χ1) is 7.94. The Labute approximate surface area is 105 Å². The molecule has 0 heterocycles. The van der Waals surface area contributed by atoms with Crippen LogP contribution in [0.3, 0.4) is 0 Å². The molecule has 0 bridgehead atoms. The van der Waals surface area contributed by atoms with Crippen molar-refractivity contribution in [3.8, 4) is 0 Å². The first-order valence-corrected chi connectivity index (χ1v) is 6.75. The zero-order valence-electron chi connectivity index (χ0n) is 11.6. The predicted octanol–water partition coefficient (Wildman–Crippen LogP) is 3.61. The maximum absolute atomic E-state index is 5.99. The van der Waals surface area contributed by atoms with Crippen LogP contribution < -0.4 is 5.73 Å². The van der Waals surface area contributed by atoms with Crippen molar-refractivity contribution in [3.63, 3.8) is 0 Å². The van der Waals surface area contributed by atoms with Crippen molar-refractivity contribution >= 4 is 0 Å². The molecule has 94 valence electrons. The van der Waals surface area contributed by atoms with Gasteiger partial charge in [0.1, 0.15) is 0 Å². The summed E-state index contributed by atoms with van der Waals surface area (Å²) in [5.41, 5.74) is 9.37. The van der Waals surface area contributed by atoms with E-state index in [0.717, 1.165) is 12.5 Å². The minimum absolute atomic E-state index is 0.238. The lowest BCUT2D eigenvalue weighted by molar-refractivity contribution is 0.583. The Morgan fingerprint density at radius 2 is 1.82 bits per heavy atom. The van der Waals surface area contributed by atoms with Gasteiger partial charge in [-0.25, -0.2) is 0 Å². The van der Waals surface area contributed by atoms with E-state index in [1.807, 2.05) is 0 Å². The Kier molecular flexibility index (Phi) is 3.07. The van der Waals surface area contributed by atoms with E-state index in [1.165, 1.54) is 24.0 Å². The zero-order chi connectivity index (χ0) is 12.7. The molecule has 2 atom stereocenters. The summed E-state index contributed by atoms with van der Waals surface area (Å²) in [6.07, 6.45) is 2.52. The minimum atomic E-state index is 0.238. The van der Waals surface area contributed by atoms with E-state index < -0.39 is 0 Å². The Morgan fingerprint density at radius 1 is 1.24 bits per heavy atom. The average Bonchev–Trinajstić information content (AvgIpc) is 3.03. The van der Waals surface area contributed by atoms with E-state index in [1.54, 1.807) is 0 Å². The molecule has 1 aromatic carbocycles. The first-order valence-electron chi connectivity index (χ1n) is 6.75. The molecule has 0 spiro atoms. The monoisotopic (exact) mass is 231 g/mol. The third-order valence-electron chi connectivity index (χ3n) is 4.41. The van der Waals surface area contributed by atoms with Gasteiger partial charge in [0.25, 0.3) is 0 Å². The van der Waals surface area contributed by atoms with E-state index in [-0.39, 0.29) is 5.41 Å². The molecular weight excluding hydrogens is 206 g/mol. The third-order valence-corrected chi connectivity index (χ3v) is 4.41. The summed E-state index contributed by atoms with van der Waals surface area (Å²) in [6, 6.07) is 9.14. The molecule has 1 aromatic rings. The van der Waals surface area contributed by atoms with E-state index in [2.05, 4.69) is 52.0 Å². The largest absolute Gasteiger partial charge is 0.330 e. The maximum atomic E-state index is 5.99. The van der Waals surface area contributed by atoms with Crippen LogP contribution in [0.1, 0.15) is 51.7 Å². The summed E-state index contributed by atoms with van der Waals surface area (Å²) in [6.45, 7) is 9.83. The van der Waals surface area contributed by atoms with Crippen LogP contribution in [0.25, 0.3) is 0 Å². The van der Waals surface area contributed by atoms with Gasteiger partial charge in [0, 0.05) is 12.0 Å². The van der Waals surface area contributed by atoms with E-state index >= 15 is 0 Å². The molecular formula is C16H25N. The van der Waals surface area contributed by atoms with Crippen molar-refractivity contribution in [2.24, 2.45) is 11.7 Å². The van der Waals surface area contributed by atoms with Gasteiger partial charge in [-0.15, -0.1) is 0 Å². The Hall–Kier alpha value is -0.820. The second-order valence-corrected chi connectivity index (χ2v) is 6.50. The van der Waals surface area contributed by atoms with Crippen molar-refractivity contribution in [3.05, 3.63) is 35.4 Å². The molecule has 1 aliphatic carbocycles. The van der Waals surface area contributed by atoms with Crippen LogP contribution in [-0.2, 0) is 10.8 Å². The lowest BCUT2D eigenvalue weighted by atomic mass is 9.84. The Bertz CT molecular complexity index is 385. The van der Waals surface area contributed by atoms with Gasteiger partial charge in [-0.05, 0) is 28.9 Å². The zero-order valence-corrected chi connectivity index (χ0v) is 11.6. The molecule has 0 aromatic heterocycles. The number of rotatable bonds is 3. The van der Waals surface area contributed by atoms with Crippen molar-refractivity contribution in [1.82, 2.24) is 0 Å². The average molecular weight is 231 g/mol. The van der Waals surface area contributed by atoms with Crippen LogP contribution in [0.4, 0.5) is 0 Å². The lowest BCUT2D eigenvalue weighted by Crippen LogP contribution is -2.22. The summed E-state index contributed by atoms with van der Waals surface area (Å²) in [5, 5.41) is 0. The third kappa shape index (κ3) is 2.13. The summed E-state index contributed by atoms with van der Waals surface area (Å²) in [4.78, 5) is 0. The van der Waals surface area contributed by atoms with Crippen LogP contribution in [0.2, 0.25) is 0 Å². The molecule has 0 radical (unpaired) electrons. The van der Waals surface area contributed by atoms with Gasteiger partial charge in [-0.2, -0.15) is 0 Å². The van der Waals surface area contributed by atoms with Gasteiger partial charge in [-0.3, -0.25) is 0 Å². The normalized spacial score (nSPS) is 28.2. The molecule has 0 amide bonds.